The Bertz CT molecular complexity index is 568. The van der Waals surface area contributed by atoms with E-state index in [2.05, 4.69) is 52.9 Å². The van der Waals surface area contributed by atoms with E-state index in [1.54, 1.807) is 0 Å². The van der Waals surface area contributed by atoms with Crippen LogP contribution in [-0.2, 0) is 19.4 Å². The lowest BCUT2D eigenvalue weighted by Crippen LogP contribution is -2.07. The van der Waals surface area contributed by atoms with Gasteiger partial charge in [-0.05, 0) is 36.2 Å². The summed E-state index contributed by atoms with van der Waals surface area (Å²) in [5.74, 6) is 1.05. The van der Waals surface area contributed by atoms with Crippen LogP contribution in [0.25, 0.3) is 0 Å². The Labute approximate surface area is 113 Å². The van der Waals surface area contributed by atoms with Gasteiger partial charge in [0.1, 0.15) is 5.82 Å². The molecule has 1 aromatic carbocycles. The van der Waals surface area contributed by atoms with E-state index in [0.29, 0.717) is 4.77 Å². The van der Waals surface area contributed by atoms with Gasteiger partial charge in [0.05, 0.1) is 6.54 Å². The second-order valence-electron chi connectivity index (χ2n) is 4.40. The van der Waals surface area contributed by atoms with Crippen LogP contribution in [0.4, 0.5) is 0 Å². The van der Waals surface area contributed by atoms with Crippen LogP contribution in [0.15, 0.2) is 24.3 Å². The molecule has 0 aliphatic rings. The highest BCUT2D eigenvalue weighted by molar-refractivity contribution is 7.71. The lowest BCUT2D eigenvalue weighted by molar-refractivity contribution is 0.695. The highest BCUT2D eigenvalue weighted by Crippen LogP contribution is 2.13. The molecular formula is C14H19N3S. The molecule has 1 aromatic heterocycles. The number of hydrogen-bond acceptors (Lipinski definition) is 2. The van der Waals surface area contributed by atoms with E-state index >= 15 is 0 Å². The first-order chi connectivity index (χ1) is 8.76. The molecule has 2 rings (SSSR count). The van der Waals surface area contributed by atoms with Crippen LogP contribution >= 0.6 is 12.2 Å². The van der Waals surface area contributed by atoms with Crippen molar-refractivity contribution in [1.82, 2.24) is 14.8 Å². The zero-order valence-corrected chi connectivity index (χ0v) is 11.8. The zero-order valence-electron chi connectivity index (χ0n) is 10.9. The third-order valence-electron chi connectivity index (χ3n) is 3.14. The van der Waals surface area contributed by atoms with Crippen LogP contribution in [0.5, 0.6) is 0 Å². The number of nitrogens with zero attached hydrogens (tertiary/aromatic N) is 2. The van der Waals surface area contributed by atoms with Crippen molar-refractivity contribution < 1.29 is 0 Å². The summed E-state index contributed by atoms with van der Waals surface area (Å²) in [5.41, 5.74) is 2.71. The van der Waals surface area contributed by atoms with Crippen LogP contribution < -0.4 is 0 Å². The monoisotopic (exact) mass is 261 g/mol. The van der Waals surface area contributed by atoms with E-state index in [9.17, 15) is 0 Å². The Morgan fingerprint density at radius 2 is 1.94 bits per heavy atom. The molecule has 0 spiro atoms. The van der Waals surface area contributed by atoms with Gasteiger partial charge in [0, 0.05) is 6.42 Å². The predicted octanol–water partition coefficient (Wildman–Crippen LogP) is 3.50. The number of H-pyrrole nitrogens is 1. The molecule has 0 radical (unpaired) electrons. The minimum atomic E-state index is 0.712. The summed E-state index contributed by atoms with van der Waals surface area (Å²) in [7, 11) is 0. The Balaban J connectivity index is 2.33. The summed E-state index contributed by atoms with van der Waals surface area (Å²) in [6.07, 6.45) is 3.08. The summed E-state index contributed by atoms with van der Waals surface area (Å²) in [6.45, 7) is 5.15. The molecule has 0 atom stereocenters. The Kier molecular flexibility index (Phi) is 4.31. The molecule has 0 bridgehead atoms. The average molecular weight is 261 g/mol. The SMILES string of the molecule is CCCc1n[nH]c(=S)n1Cc1ccccc1CC. The zero-order chi connectivity index (χ0) is 13.0. The second kappa shape index (κ2) is 5.96. The molecule has 3 nitrogen and oxygen atoms in total. The van der Waals surface area contributed by atoms with Crippen molar-refractivity contribution in [3.8, 4) is 0 Å². The third-order valence-corrected chi connectivity index (χ3v) is 3.45. The molecule has 0 aliphatic heterocycles. The van der Waals surface area contributed by atoms with Crippen molar-refractivity contribution in [3.05, 3.63) is 46.0 Å². The van der Waals surface area contributed by atoms with Gasteiger partial charge in [0.2, 0.25) is 0 Å². The van der Waals surface area contributed by atoms with E-state index in [1.807, 2.05) is 0 Å². The second-order valence-corrected chi connectivity index (χ2v) is 4.79. The van der Waals surface area contributed by atoms with Gasteiger partial charge >= 0.3 is 0 Å². The van der Waals surface area contributed by atoms with Crippen molar-refractivity contribution in [2.24, 2.45) is 0 Å². The van der Waals surface area contributed by atoms with Gasteiger partial charge in [-0.2, -0.15) is 5.10 Å². The molecule has 2 aromatic rings. The van der Waals surface area contributed by atoms with E-state index in [0.717, 1.165) is 31.6 Å². The molecular weight excluding hydrogens is 242 g/mol. The fourth-order valence-corrected chi connectivity index (χ4v) is 2.37. The first kappa shape index (κ1) is 13.0. The molecule has 0 amide bonds. The van der Waals surface area contributed by atoms with Crippen LogP contribution in [0.1, 0.15) is 37.2 Å². The molecule has 1 heterocycles. The van der Waals surface area contributed by atoms with Crippen molar-refractivity contribution >= 4 is 12.2 Å². The number of hydrogen-bond donors (Lipinski definition) is 1. The fraction of sp³-hybridized carbons (Fsp3) is 0.429. The third kappa shape index (κ3) is 2.70. The number of aryl methyl sites for hydroxylation is 2. The van der Waals surface area contributed by atoms with E-state index in [1.165, 1.54) is 11.1 Å². The lowest BCUT2D eigenvalue weighted by Gasteiger charge is -2.10. The summed E-state index contributed by atoms with van der Waals surface area (Å²) in [4.78, 5) is 0. The van der Waals surface area contributed by atoms with Gasteiger partial charge in [0.15, 0.2) is 4.77 Å². The van der Waals surface area contributed by atoms with Crippen molar-refractivity contribution in [1.29, 1.82) is 0 Å². The lowest BCUT2D eigenvalue weighted by atomic mass is 10.1. The van der Waals surface area contributed by atoms with Gasteiger partial charge < -0.3 is 0 Å². The fourth-order valence-electron chi connectivity index (χ4n) is 2.15. The van der Waals surface area contributed by atoms with Crippen LogP contribution in [0.3, 0.4) is 0 Å². The van der Waals surface area contributed by atoms with Crippen molar-refractivity contribution in [2.75, 3.05) is 0 Å². The molecule has 0 saturated carbocycles. The van der Waals surface area contributed by atoms with Crippen molar-refractivity contribution in [3.63, 3.8) is 0 Å². The topological polar surface area (TPSA) is 33.6 Å². The Morgan fingerprint density at radius 3 is 2.61 bits per heavy atom. The minimum absolute atomic E-state index is 0.712. The Hall–Kier alpha value is -1.42. The number of aromatic nitrogens is 3. The first-order valence-corrected chi connectivity index (χ1v) is 6.88. The van der Waals surface area contributed by atoms with Crippen LogP contribution in [-0.4, -0.2) is 14.8 Å². The smallest absolute Gasteiger partial charge is 0.195 e. The molecule has 96 valence electrons. The predicted molar refractivity (Wildman–Crippen MR) is 76.3 cm³/mol. The Morgan fingerprint density at radius 1 is 1.22 bits per heavy atom. The maximum atomic E-state index is 5.31. The summed E-state index contributed by atoms with van der Waals surface area (Å²) in [5, 5.41) is 7.20. The van der Waals surface area contributed by atoms with Gasteiger partial charge in [-0.1, -0.05) is 38.1 Å². The summed E-state index contributed by atoms with van der Waals surface area (Å²) in [6, 6.07) is 8.52. The van der Waals surface area contributed by atoms with Gasteiger partial charge in [-0.15, -0.1) is 0 Å². The maximum Gasteiger partial charge on any atom is 0.195 e. The summed E-state index contributed by atoms with van der Waals surface area (Å²) < 4.78 is 2.82. The molecule has 4 heteroatoms. The van der Waals surface area contributed by atoms with Crippen molar-refractivity contribution in [2.45, 2.75) is 39.7 Å². The molecule has 18 heavy (non-hydrogen) atoms. The molecule has 0 fully saturated rings. The number of aromatic amines is 1. The average Bonchev–Trinajstić information content (AvgIpc) is 2.73. The van der Waals surface area contributed by atoms with Gasteiger partial charge in [0.25, 0.3) is 0 Å². The van der Waals surface area contributed by atoms with Crippen LogP contribution in [0, 0.1) is 4.77 Å². The summed E-state index contributed by atoms with van der Waals surface area (Å²) >= 11 is 5.31. The quantitative estimate of drug-likeness (QED) is 0.836. The van der Waals surface area contributed by atoms with E-state index < -0.39 is 0 Å². The van der Waals surface area contributed by atoms with Gasteiger partial charge in [-0.25, -0.2) is 0 Å². The maximum absolute atomic E-state index is 5.31. The molecule has 0 aliphatic carbocycles. The van der Waals surface area contributed by atoms with Gasteiger partial charge in [-0.3, -0.25) is 9.67 Å². The van der Waals surface area contributed by atoms with E-state index in [-0.39, 0.29) is 0 Å². The molecule has 1 N–H and O–H groups in total. The number of nitrogens with one attached hydrogen (secondary N) is 1. The molecule has 0 saturated heterocycles. The highest BCUT2D eigenvalue weighted by Gasteiger charge is 2.07. The normalized spacial score (nSPS) is 10.8. The first-order valence-electron chi connectivity index (χ1n) is 6.47. The largest absolute Gasteiger partial charge is 0.300 e. The minimum Gasteiger partial charge on any atom is -0.300 e. The van der Waals surface area contributed by atoms with E-state index in [4.69, 9.17) is 12.2 Å². The standard InChI is InChI=1S/C14H19N3S/c1-3-7-13-15-16-14(18)17(13)10-12-9-6-5-8-11(12)4-2/h5-6,8-9H,3-4,7,10H2,1-2H3,(H,16,18). The highest BCUT2D eigenvalue weighted by atomic mass is 32.1. The number of rotatable bonds is 5. The molecule has 0 unspecified atom stereocenters. The van der Waals surface area contributed by atoms with Crippen LogP contribution in [0.2, 0.25) is 0 Å². The number of benzene rings is 1.